The molecule has 1 saturated carbocycles. The minimum atomic E-state index is -2.72. The molecule has 2 aliphatic carbocycles. The molecule has 2 aliphatic rings. The molecular formula is C18H25F2NO3S. The fourth-order valence-electron chi connectivity index (χ4n) is 3.98. The molecule has 0 spiro atoms. The second kappa shape index (κ2) is 7.58. The van der Waals surface area contributed by atoms with Gasteiger partial charge in [-0.3, -0.25) is 0 Å². The number of alkyl halides is 2. The van der Waals surface area contributed by atoms with Crippen molar-refractivity contribution in [1.29, 1.82) is 0 Å². The minimum Gasteiger partial charge on any atom is -0.462 e. The molecule has 25 heavy (non-hydrogen) atoms. The van der Waals surface area contributed by atoms with Crippen LogP contribution < -0.4 is 5.73 Å². The molecule has 0 saturated heterocycles. The van der Waals surface area contributed by atoms with E-state index in [1.165, 1.54) is 24.2 Å². The molecule has 0 bridgehead atoms. The van der Waals surface area contributed by atoms with Crippen LogP contribution in [0.15, 0.2) is 0 Å². The number of rotatable bonds is 8. The van der Waals surface area contributed by atoms with Gasteiger partial charge in [-0.2, -0.15) is 8.78 Å². The Balaban J connectivity index is 1.78. The summed E-state index contributed by atoms with van der Waals surface area (Å²) >= 11 is 1.45. The van der Waals surface area contributed by atoms with Gasteiger partial charge in [-0.15, -0.1) is 11.3 Å². The molecule has 140 valence electrons. The first-order valence-corrected chi connectivity index (χ1v) is 9.72. The standard InChI is InChI=1S/C18H25F2NO3S/c1-2-23-16(22)14-12-5-6-18(9-11-3-4-11,7-8-24-17(19)20)10-13(12)25-15(14)21/h11,17H,2-10,21H2,1H3. The Morgan fingerprint density at radius 2 is 2.20 bits per heavy atom. The number of ether oxygens (including phenoxy) is 2. The van der Waals surface area contributed by atoms with Crippen LogP contribution >= 0.6 is 11.3 Å². The lowest BCUT2D eigenvalue weighted by Gasteiger charge is -2.37. The molecule has 1 aromatic heterocycles. The zero-order valence-electron chi connectivity index (χ0n) is 14.5. The maximum atomic E-state index is 12.4. The number of esters is 1. The highest BCUT2D eigenvalue weighted by molar-refractivity contribution is 7.16. The minimum absolute atomic E-state index is 0.0215. The predicted octanol–water partition coefficient (Wildman–Crippen LogP) is 4.41. The molecular weight excluding hydrogens is 348 g/mol. The number of fused-ring (bicyclic) bond motifs is 1. The predicted molar refractivity (Wildman–Crippen MR) is 93.1 cm³/mol. The third-order valence-corrected chi connectivity index (χ3v) is 6.39. The summed E-state index contributed by atoms with van der Waals surface area (Å²) < 4.78 is 34.4. The van der Waals surface area contributed by atoms with Crippen LogP contribution in [0.3, 0.4) is 0 Å². The van der Waals surface area contributed by atoms with Gasteiger partial charge >= 0.3 is 12.6 Å². The molecule has 4 nitrogen and oxygen atoms in total. The lowest BCUT2D eigenvalue weighted by molar-refractivity contribution is -0.135. The van der Waals surface area contributed by atoms with E-state index in [2.05, 4.69) is 4.74 Å². The Morgan fingerprint density at radius 1 is 1.44 bits per heavy atom. The Bertz CT molecular complexity index is 630. The van der Waals surface area contributed by atoms with Crippen LogP contribution in [0.25, 0.3) is 0 Å². The highest BCUT2D eigenvalue weighted by Gasteiger charge is 2.41. The van der Waals surface area contributed by atoms with Gasteiger partial charge in [0.15, 0.2) is 0 Å². The number of anilines is 1. The first-order chi connectivity index (χ1) is 11.9. The number of hydrogen-bond donors (Lipinski definition) is 1. The van der Waals surface area contributed by atoms with Crippen LogP contribution in [0.2, 0.25) is 0 Å². The Kier molecular flexibility index (Phi) is 5.63. The second-order valence-corrected chi connectivity index (χ2v) is 8.31. The molecule has 2 N–H and O–H groups in total. The van der Waals surface area contributed by atoms with Crippen molar-refractivity contribution in [2.75, 3.05) is 18.9 Å². The monoisotopic (exact) mass is 373 g/mol. The van der Waals surface area contributed by atoms with E-state index in [0.717, 1.165) is 36.1 Å². The summed E-state index contributed by atoms with van der Waals surface area (Å²) in [6, 6.07) is 0. The average Bonchev–Trinajstić information content (AvgIpc) is 3.27. The first-order valence-electron chi connectivity index (χ1n) is 8.91. The van der Waals surface area contributed by atoms with Crippen molar-refractivity contribution in [3.63, 3.8) is 0 Å². The summed E-state index contributed by atoms with van der Waals surface area (Å²) in [6.45, 7) is -0.550. The van der Waals surface area contributed by atoms with Gasteiger partial charge in [-0.05, 0) is 55.9 Å². The van der Waals surface area contributed by atoms with E-state index >= 15 is 0 Å². The summed E-state index contributed by atoms with van der Waals surface area (Å²) in [5, 5.41) is 0.509. The van der Waals surface area contributed by atoms with Gasteiger partial charge in [0.2, 0.25) is 0 Å². The van der Waals surface area contributed by atoms with Crippen molar-refractivity contribution in [3.8, 4) is 0 Å². The number of nitrogens with two attached hydrogens (primary N) is 1. The maximum Gasteiger partial charge on any atom is 0.345 e. The smallest absolute Gasteiger partial charge is 0.345 e. The third kappa shape index (κ3) is 4.31. The number of halogens is 2. The van der Waals surface area contributed by atoms with Gasteiger partial charge in [-0.1, -0.05) is 12.8 Å². The summed E-state index contributed by atoms with van der Waals surface area (Å²) in [4.78, 5) is 13.3. The van der Waals surface area contributed by atoms with Crippen molar-refractivity contribution in [2.45, 2.75) is 58.5 Å². The molecule has 0 aromatic carbocycles. The lowest BCUT2D eigenvalue weighted by atomic mass is 9.68. The van der Waals surface area contributed by atoms with Gasteiger partial charge in [0.05, 0.1) is 18.8 Å². The maximum absolute atomic E-state index is 12.4. The van der Waals surface area contributed by atoms with Crippen molar-refractivity contribution in [3.05, 3.63) is 16.0 Å². The first kappa shape index (κ1) is 18.6. The molecule has 1 atom stereocenters. The number of hydrogen-bond acceptors (Lipinski definition) is 5. The second-order valence-electron chi connectivity index (χ2n) is 7.17. The summed E-state index contributed by atoms with van der Waals surface area (Å²) in [6.07, 6.45) is 6.55. The van der Waals surface area contributed by atoms with Crippen LogP contribution in [-0.4, -0.2) is 25.8 Å². The third-order valence-electron chi connectivity index (χ3n) is 5.33. The summed E-state index contributed by atoms with van der Waals surface area (Å²) in [5.74, 6) is 0.350. The molecule has 1 aromatic rings. The number of carbonyl (C=O) groups is 1. The highest BCUT2D eigenvalue weighted by atomic mass is 32.1. The van der Waals surface area contributed by atoms with Gasteiger partial charge < -0.3 is 15.2 Å². The number of nitrogen functional groups attached to an aromatic ring is 1. The van der Waals surface area contributed by atoms with Crippen molar-refractivity contribution in [2.24, 2.45) is 11.3 Å². The number of carbonyl (C=O) groups excluding carboxylic acids is 1. The number of thiophene rings is 1. The quantitative estimate of drug-likeness (QED) is 0.686. The molecule has 7 heteroatoms. The normalized spacial score (nSPS) is 22.9. The summed E-state index contributed by atoms with van der Waals surface area (Å²) in [5.41, 5.74) is 7.59. The Morgan fingerprint density at radius 3 is 2.84 bits per heavy atom. The highest BCUT2D eigenvalue weighted by Crippen LogP contribution is 2.51. The fourth-order valence-corrected chi connectivity index (χ4v) is 5.26. The van der Waals surface area contributed by atoms with Crippen LogP contribution in [-0.2, 0) is 22.3 Å². The lowest BCUT2D eigenvalue weighted by Crippen LogP contribution is -2.31. The van der Waals surface area contributed by atoms with E-state index in [4.69, 9.17) is 10.5 Å². The van der Waals surface area contributed by atoms with Gasteiger partial charge in [-0.25, -0.2) is 4.79 Å². The van der Waals surface area contributed by atoms with Crippen LogP contribution in [0.4, 0.5) is 13.8 Å². The van der Waals surface area contributed by atoms with E-state index in [0.29, 0.717) is 29.5 Å². The zero-order chi connectivity index (χ0) is 18.0. The van der Waals surface area contributed by atoms with E-state index in [1.807, 2.05) is 0 Å². The van der Waals surface area contributed by atoms with Crippen molar-refractivity contribution in [1.82, 2.24) is 0 Å². The van der Waals surface area contributed by atoms with Gasteiger partial charge in [0.1, 0.15) is 5.00 Å². The molecule has 0 radical (unpaired) electrons. The van der Waals surface area contributed by atoms with E-state index in [1.54, 1.807) is 6.92 Å². The Labute approximate surface area is 150 Å². The largest absolute Gasteiger partial charge is 0.462 e. The Hall–Kier alpha value is -1.21. The van der Waals surface area contributed by atoms with Crippen LogP contribution in [0.5, 0.6) is 0 Å². The van der Waals surface area contributed by atoms with E-state index in [-0.39, 0.29) is 18.0 Å². The molecule has 1 unspecified atom stereocenters. The topological polar surface area (TPSA) is 61.5 Å². The fraction of sp³-hybridized carbons (Fsp3) is 0.722. The molecule has 1 fully saturated rings. The molecule has 0 amide bonds. The molecule has 3 rings (SSSR count). The zero-order valence-corrected chi connectivity index (χ0v) is 15.3. The summed E-state index contributed by atoms with van der Waals surface area (Å²) in [7, 11) is 0. The molecule has 0 aliphatic heterocycles. The van der Waals surface area contributed by atoms with Crippen LogP contribution in [0.1, 0.15) is 59.8 Å². The SMILES string of the molecule is CCOC(=O)c1c(N)sc2c1CCC(CCOC(F)F)(CC1CC1)C2. The average molecular weight is 373 g/mol. The molecule has 1 heterocycles. The van der Waals surface area contributed by atoms with Gasteiger partial charge in [0, 0.05) is 4.88 Å². The van der Waals surface area contributed by atoms with Crippen LogP contribution in [0, 0.1) is 11.3 Å². The van der Waals surface area contributed by atoms with E-state index < -0.39 is 6.61 Å². The van der Waals surface area contributed by atoms with Gasteiger partial charge in [0.25, 0.3) is 0 Å². The van der Waals surface area contributed by atoms with Crippen molar-refractivity contribution >= 4 is 22.3 Å². The van der Waals surface area contributed by atoms with Crippen molar-refractivity contribution < 1.29 is 23.0 Å². The van der Waals surface area contributed by atoms with E-state index in [9.17, 15) is 13.6 Å².